The van der Waals surface area contributed by atoms with Crippen LogP contribution in [0.2, 0.25) is 0 Å². The van der Waals surface area contributed by atoms with E-state index in [0.717, 1.165) is 13.2 Å². The molecule has 2 N–H and O–H groups in total. The third kappa shape index (κ3) is 3.94. The second-order valence-electron chi connectivity index (χ2n) is 5.72. The van der Waals surface area contributed by atoms with E-state index in [4.69, 9.17) is 4.74 Å². The Bertz CT molecular complexity index is 208. The highest BCUT2D eigenvalue weighted by Crippen LogP contribution is 2.31. The van der Waals surface area contributed by atoms with Crippen LogP contribution in [0.1, 0.15) is 45.4 Å². The average molecular weight is 240 g/mol. The predicted molar refractivity (Wildman–Crippen MR) is 71.3 cm³/mol. The largest absolute Gasteiger partial charge is 0.377 e. The molecule has 0 bridgehead atoms. The Morgan fingerprint density at radius 1 is 1.29 bits per heavy atom. The van der Waals surface area contributed by atoms with Crippen LogP contribution in [0, 0.1) is 5.41 Å². The van der Waals surface area contributed by atoms with Gasteiger partial charge in [-0.2, -0.15) is 0 Å². The van der Waals surface area contributed by atoms with Crippen LogP contribution in [0.4, 0.5) is 0 Å². The summed E-state index contributed by atoms with van der Waals surface area (Å²) in [6.07, 6.45) is 8.25. The van der Waals surface area contributed by atoms with Gasteiger partial charge in [0.15, 0.2) is 0 Å². The van der Waals surface area contributed by atoms with E-state index in [1.54, 1.807) is 0 Å². The van der Waals surface area contributed by atoms with Gasteiger partial charge in [0.1, 0.15) is 0 Å². The molecule has 100 valence electrons. The van der Waals surface area contributed by atoms with E-state index < -0.39 is 0 Å². The minimum atomic E-state index is 0.472. The first kappa shape index (κ1) is 13.3. The Balaban J connectivity index is 1.68. The zero-order valence-corrected chi connectivity index (χ0v) is 11.3. The molecule has 0 amide bonds. The van der Waals surface area contributed by atoms with E-state index in [1.165, 1.54) is 58.2 Å². The Hall–Kier alpha value is -0.120. The van der Waals surface area contributed by atoms with Crippen LogP contribution in [-0.4, -0.2) is 38.9 Å². The molecule has 2 fully saturated rings. The number of nitrogens with one attached hydrogen (secondary N) is 2. The summed E-state index contributed by atoms with van der Waals surface area (Å²) in [6, 6.07) is 0. The van der Waals surface area contributed by atoms with Crippen molar-refractivity contribution >= 4 is 0 Å². The van der Waals surface area contributed by atoms with E-state index in [0.29, 0.717) is 11.5 Å². The highest BCUT2D eigenvalue weighted by atomic mass is 16.5. The van der Waals surface area contributed by atoms with Gasteiger partial charge in [-0.3, -0.25) is 0 Å². The molecule has 2 aliphatic rings. The van der Waals surface area contributed by atoms with Crippen LogP contribution in [0.3, 0.4) is 0 Å². The van der Waals surface area contributed by atoms with E-state index in [1.807, 2.05) is 0 Å². The highest BCUT2D eigenvalue weighted by molar-refractivity contribution is 4.85. The van der Waals surface area contributed by atoms with Gasteiger partial charge < -0.3 is 15.4 Å². The topological polar surface area (TPSA) is 33.3 Å². The van der Waals surface area contributed by atoms with Gasteiger partial charge in [-0.25, -0.2) is 0 Å². The maximum absolute atomic E-state index is 5.76. The van der Waals surface area contributed by atoms with Crippen molar-refractivity contribution in [2.45, 2.75) is 51.6 Å². The lowest BCUT2D eigenvalue weighted by Gasteiger charge is -2.37. The fourth-order valence-corrected chi connectivity index (χ4v) is 3.08. The molecule has 0 aliphatic carbocycles. The van der Waals surface area contributed by atoms with Gasteiger partial charge in [-0.15, -0.1) is 0 Å². The molecule has 0 saturated carbocycles. The second-order valence-corrected chi connectivity index (χ2v) is 5.72. The lowest BCUT2D eigenvalue weighted by molar-refractivity contribution is 0.0146. The number of rotatable bonds is 5. The molecule has 2 saturated heterocycles. The van der Waals surface area contributed by atoms with Crippen LogP contribution < -0.4 is 10.6 Å². The van der Waals surface area contributed by atoms with Crippen molar-refractivity contribution in [2.24, 2.45) is 5.41 Å². The summed E-state index contributed by atoms with van der Waals surface area (Å²) in [5.41, 5.74) is 0.542. The standard InChI is InChI=1S/C14H28N2O/c1-2-14(6-8-15-9-7-14)12-16-11-13-5-3-4-10-17-13/h13,15-16H,2-12H2,1H3. The lowest BCUT2D eigenvalue weighted by Crippen LogP contribution is -2.44. The van der Waals surface area contributed by atoms with Crippen LogP contribution in [0.15, 0.2) is 0 Å². The average Bonchev–Trinajstić information content (AvgIpc) is 2.41. The molecule has 1 unspecified atom stereocenters. The van der Waals surface area contributed by atoms with Gasteiger partial charge in [0.2, 0.25) is 0 Å². The van der Waals surface area contributed by atoms with Crippen LogP contribution in [0.25, 0.3) is 0 Å². The normalized spacial score (nSPS) is 29.1. The summed E-state index contributed by atoms with van der Waals surface area (Å²) in [6.45, 7) is 7.91. The van der Waals surface area contributed by atoms with Gasteiger partial charge in [-0.1, -0.05) is 6.92 Å². The first-order valence-corrected chi connectivity index (χ1v) is 7.38. The summed E-state index contributed by atoms with van der Waals surface area (Å²) in [5, 5.41) is 7.12. The zero-order valence-electron chi connectivity index (χ0n) is 11.3. The fraction of sp³-hybridized carbons (Fsp3) is 1.00. The lowest BCUT2D eigenvalue weighted by atomic mass is 9.76. The number of ether oxygens (including phenoxy) is 1. The van der Waals surface area contributed by atoms with E-state index in [2.05, 4.69) is 17.6 Å². The van der Waals surface area contributed by atoms with Crippen molar-refractivity contribution in [1.82, 2.24) is 10.6 Å². The van der Waals surface area contributed by atoms with Crippen LogP contribution in [0.5, 0.6) is 0 Å². The summed E-state index contributed by atoms with van der Waals surface area (Å²) >= 11 is 0. The van der Waals surface area contributed by atoms with Gasteiger partial charge >= 0.3 is 0 Å². The molecular formula is C14H28N2O. The third-order valence-corrected chi connectivity index (χ3v) is 4.56. The summed E-state index contributed by atoms with van der Waals surface area (Å²) in [4.78, 5) is 0. The Kier molecular flexibility index (Phi) is 5.26. The molecule has 0 radical (unpaired) electrons. The Morgan fingerprint density at radius 3 is 2.76 bits per heavy atom. The SMILES string of the molecule is CCC1(CNCC2CCCCO2)CCNCC1. The molecule has 1 atom stereocenters. The third-order valence-electron chi connectivity index (χ3n) is 4.56. The molecule has 0 spiro atoms. The van der Waals surface area contributed by atoms with Crippen molar-refractivity contribution < 1.29 is 4.74 Å². The second kappa shape index (κ2) is 6.72. The van der Waals surface area contributed by atoms with Crippen molar-refractivity contribution in [1.29, 1.82) is 0 Å². The number of piperidine rings is 1. The van der Waals surface area contributed by atoms with Crippen molar-refractivity contribution in [3.8, 4) is 0 Å². The quantitative estimate of drug-likeness (QED) is 0.770. The first-order valence-electron chi connectivity index (χ1n) is 7.38. The molecule has 2 aliphatic heterocycles. The summed E-state index contributed by atoms with van der Waals surface area (Å²) < 4.78 is 5.76. The minimum absolute atomic E-state index is 0.472. The Labute approximate surface area is 106 Å². The first-order chi connectivity index (χ1) is 8.35. The van der Waals surface area contributed by atoms with Gasteiger partial charge in [0.05, 0.1) is 6.10 Å². The Morgan fingerprint density at radius 2 is 2.12 bits per heavy atom. The van der Waals surface area contributed by atoms with Gasteiger partial charge in [0.25, 0.3) is 0 Å². The molecule has 3 heteroatoms. The van der Waals surface area contributed by atoms with Crippen molar-refractivity contribution in [2.75, 3.05) is 32.8 Å². The zero-order chi connectivity index (χ0) is 12.0. The number of hydrogen-bond donors (Lipinski definition) is 2. The maximum Gasteiger partial charge on any atom is 0.0699 e. The monoisotopic (exact) mass is 240 g/mol. The minimum Gasteiger partial charge on any atom is -0.377 e. The molecule has 17 heavy (non-hydrogen) atoms. The van der Waals surface area contributed by atoms with E-state index in [-0.39, 0.29) is 0 Å². The van der Waals surface area contributed by atoms with Crippen molar-refractivity contribution in [3.05, 3.63) is 0 Å². The molecule has 0 aromatic heterocycles. The van der Waals surface area contributed by atoms with E-state index in [9.17, 15) is 0 Å². The smallest absolute Gasteiger partial charge is 0.0699 e. The molecule has 2 rings (SSSR count). The number of hydrogen-bond acceptors (Lipinski definition) is 3. The van der Waals surface area contributed by atoms with Gasteiger partial charge in [0, 0.05) is 19.7 Å². The van der Waals surface area contributed by atoms with Crippen LogP contribution >= 0.6 is 0 Å². The maximum atomic E-state index is 5.76. The molecule has 3 nitrogen and oxygen atoms in total. The summed E-state index contributed by atoms with van der Waals surface area (Å²) in [7, 11) is 0. The van der Waals surface area contributed by atoms with E-state index >= 15 is 0 Å². The predicted octanol–water partition coefficient (Wildman–Crippen LogP) is 1.92. The highest BCUT2D eigenvalue weighted by Gasteiger charge is 2.29. The van der Waals surface area contributed by atoms with Crippen molar-refractivity contribution in [3.63, 3.8) is 0 Å². The molecule has 0 aromatic carbocycles. The summed E-state index contributed by atoms with van der Waals surface area (Å²) in [5.74, 6) is 0. The van der Waals surface area contributed by atoms with Gasteiger partial charge in [-0.05, 0) is 57.0 Å². The molecule has 2 heterocycles. The molecule has 0 aromatic rings. The fourth-order valence-electron chi connectivity index (χ4n) is 3.08. The molecular weight excluding hydrogens is 212 g/mol. The van der Waals surface area contributed by atoms with Crippen LogP contribution in [-0.2, 0) is 4.74 Å².